The lowest BCUT2D eigenvalue weighted by molar-refractivity contribution is -0.141. The molecule has 0 amide bonds. The number of piperidine rings is 1. The largest absolute Gasteiger partial charge is 0.497 e. The van der Waals surface area contributed by atoms with Gasteiger partial charge in [0, 0.05) is 35.6 Å². The van der Waals surface area contributed by atoms with Gasteiger partial charge in [0.2, 0.25) is 0 Å². The Labute approximate surface area is 221 Å². The van der Waals surface area contributed by atoms with Crippen molar-refractivity contribution in [3.8, 4) is 5.75 Å². The Hall–Kier alpha value is -2.72. The average molecular weight is 526 g/mol. The predicted octanol–water partition coefficient (Wildman–Crippen LogP) is 4.29. The first-order valence-corrected chi connectivity index (χ1v) is 13.6. The number of fused-ring (bicyclic) bond motifs is 1. The molecular formula is C28H35N3O5S. The lowest BCUT2D eigenvalue weighted by atomic mass is 9.71. The van der Waals surface area contributed by atoms with Gasteiger partial charge in [-0.15, -0.1) is 11.8 Å². The monoisotopic (exact) mass is 525 g/mol. The second kappa shape index (κ2) is 12.7. The van der Waals surface area contributed by atoms with Crippen molar-refractivity contribution < 1.29 is 24.9 Å². The summed E-state index contributed by atoms with van der Waals surface area (Å²) in [5.41, 5.74) is 1.56. The second-order valence-electron chi connectivity index (χ2n) is 9.72. The Morgan fingerprint density at radius 3 is 2.70 bits per heavy atom. The van der Waals surface area contributed by atoms with Crippen molar-refractivity contribution in [2.45, 2.75) is 49.8 Å². The molecule has 0 radical (unpaired) electrons. The van der Waals surface area contributed by atoms with Crippen LogP contribution in [0.1, 0.15) is 49.3 Å². The summed E-state index contributed by atoms with van der Waals surface area (Å²) in [7, 11) is 1.58. The predicted molar refractivity (Wildman–Crippen MR) is 144 cm³/mol. The number of rotatable bonds is 12. The number of carboxylic acid groups (broad SMARTS) is 1. The second-order valence-corrected chi connectivity index (χ2v) is 10.8. The number of methoxy groups -OCH3 is 1. The van der Waals surface area contributed by atoms with Gasteiger partial charge in [0.15, 0.2) is 0 Å². The van der Waals surface area contributed by atoms with E-state index in [-0.39, 0.29) is 18.4 Å². The molecule has 1 aromatic carbocycles. The van der Waals surface area contributed by atoms with Crippen molar-refractivity contribution in [3.63, 3.8) is 0 Å². The summed E-state index contributed by atoms with van der Waals surface area (Å²) < 4.78 is 5.36. The number of carboxylic acids is 1. The molecule has 9 heteroatoms. The van der Waals surface area contributed by atoms with Crippen LogP contribution >= 0.6 is 11.8 Å². The first-order chi connectivity index (χ1) is 17.9. The Balaban J connectivity index is 1.42. The molecule has 3 heterocycles. The van der Waals surface area contributed by atoms with E-state index >= 15 is 0 Å². The average Bonchev–Trinajstić information content (AvgIpc) is 2.92. The number of ether oxygens (including phenoxy) is 1. The molecule has 8 nitrogen and oxygen atoms in total. The van der Waals surface area contributed by atoms with Crippen LogP contribution in [0.3, 0.4) is 0 Å². The first kappa shape index (κ1) is 27.3. The molecule has 3 aromatic rings. The molecule has 0 saturated carbocycles. The normalized spacial score (nSPS) is 16.5. The Bertz CT molecular complexity index is 1180. The van der Waals surface area contributed by atoms with Crippen molar-refractivity contribution in [2.24, 2.45) is 5.41 Å². The number of aliphatic hydroxyl groups excluding tert-OH is 2. The number of pyridine rings is 2. The van der Waals surface area contributed by atoms with Crippen LogP contribution in [-0.4, -0.2) is 68.7 Å². The fourth-order valence-corrected chi connectivity index (χ4v) is 6.13. The number of nitrogens with zero attached hydrogens (tertiary/aromatic N) is 3. The standard InChI is InChI=1S/C28H35N3O5S/c1-36-21-5-6-23-22(16-21)27(20(19-32)18-30-23)24(33)7-8-28(17-26(34)35)9-12-31(13-10-28)14-15-37-25-4-2-3-11-29-25/h2-6,11,16,18,24,32-33H,7-10,12-15,17,19H2,1H3,(H,34,35). The molecule has 1 aliphatic heterocycles. The molecule has 1 saturated heterocycles. The summed E-state index contributed by atoms with van der Waals surface area (Å²) in [5, 5.41) is 32.7. The highest BCUT2D eigenvalue weighted by atomic mass is 32.2. The molecule has 2 aromatic heterocycles. The number of thioether (sulfide) groups is 1. The third-order valence-electron chi connectivity index (χ3n) is 7.39. The highest BCUT2D eigenvalue weighted by Crippen LogP contribution is 2.42. The summed E-state index contributed by atoms with van der Waals surface area (Å²) in [6, 6.07) is 11.4. The summed E-state index contributed by atoms with van der Waals surface area (Å²) in [6.45, 7) is 2.36. The van der Waals surface area contributed by atoms with Crippen molar-refractivity contribution >= 4 is 28.6 Å². The molecule has 1 aliphatic rings. The van der Waals surface area contributed by atoms with Gasteiger partial charge >= 0.3 is 5.97 Å². The van der Waals surface area contributed by atoms with E-state index < -0.39 is 12.1 Å². The van der Waals surface area contributed by atoms with Gasteiger partial charge in [-0.05, 0) is 80.1 Å². The molecule has 3 N–H and O–H groups in total. The topological polar surface area (TPSA) is 116 Å². The number of likely N-dealkylation sites (tertiary alicyclic amines) is 1. The maximum atomic E-state index is 11.8. The van der Waals surface area contributed by atoms with E-state index in [1.807, 2.05) is 36.4 Å². The highest BCUT2D eigenvalue weighted by molar-refractivity contribution is 7.99. The molecule has 0 bridgehead atoms. The minimum Gasteiger partial charge on any atom is -0.497 e. The number of benzene rings is 1. The molecule has 198 valence electrons. The van der Waals surface area contributed by atoms with E-state index in [1.165, 1.54) is 0 Å². The molecule has 1 atom stereocenters. The zero-order valence-electron chi connectivity index (χ0n) is 21.2. The number of carbonyl (C=O) groups is 1. The lowest BCUT2D eigenvalue weighted by Crippen LogP contribution is -2.42. The summed E-state index contributed by atoms with van der Waals surface area (Å²) in [5.74, 6) is 0.780. The van der Waals surface area contributed by atoms with Crippen LogP contribution in [0.4, 0.5) is 0 Å². The van der Waals surface area contributed by atoms with Crippen LogP contribution in [0, 0.1) is 5.41 Å². The van der Waals surface area contributed by atoms with Gasteiger partial charge in [-0.1, -0.05) is 6.07 Å². The van der Waals surface area contributed by atoms with Crippen LogP contribution in [0.2, 0.25) is 0 Å². The summed E-state index contributed by atoms with van der Waals surface area (Å²) >= 11 is 1.73. The third kappa shape index (κ3) is 6.98. The Kier molecular flexibility index (Phi) is 9.37. The maximum absolute atomic E-state index is 11.8. The molecule has 37 heavy (non-hydrogen) atoms. The van der Waals surface area contributed by atoms with E-state index in [0.717, 1.165) is 48.6 Å². The smallest absolute Gasteiger partial charge is 0.303 e. The fraction of sp³-hybridized carbons (Fsp3) is 0.464. The van der Waals surface area contributed by atoms with E-state index in [0.29, 0.717) is 35.2 Å². The van der Waals surface area contributed by atoms with Gasteiger partial charge in [0.25, 0.3) is 0 Å². The van der Waals surface area contributed by atoms with E-state index in [2.05, 4.69) is 14.9 Å². The van der Waals surface area contributed by atoms with E-state index in [9.17, 15) is 20.1 Å². The molecule has 0 aliphatic carbocycles. The maximum Gasteiger partial charge on any atom is 0.303 e. The molecule has 4 rings (SSSR count). The van der Waals surface area contributed by atoms with Gasteiger partial charge in [0.05, 0.1) is 36.8 Å². The number of aromatic nitrogens is 2. The van der Waals surface area contributed by atoms with Gasteiger partial charge in [-0.25, -0.2) is 4.98 Å². The summed E-state index contributed by atoms with van der Waals surface area (Å²) in [4.78, 5) is 23.0. The fourth-order valence-electron chi connectivity index (χ4n) is 5.27. The van der Waals surface area contributed by atoms with Crippen LogP contribution in [0.25, 0.3) is 10.9 Å². The zero-order chi connectivity index (χ0) is 26.3. The Morgan fingerprint density at radius 1 is 1.22 bits per heavy atom. The zero-order valence-corrected chi connectivity index (χ0v) is 22.0. The first-order valence-electron chi connectivity index (χ1n) is 12.7. The van der Waals surface area contributed by atoms with E-state index in [4.69, 9.17) is 4.74 Å². The van der Waals surface area contributed by atoms with Crippen LogP contribution in [-0.2, 0) is 11.4 Å². The number of aliphatic carboxylic acids is 1. The van der Waals surface area contributed by atoms with Crippen molar-refractivity contribution in [1.82, 2.24) is 14.9 Å². The van der Waals surface area contributed by atoms with Crippen LogP contribution in [0.5, 0.6) is 5.75 Å². The number of aliphatic hydroxyl groups is 2. The van der Waals surface area contributed by atoms with Crippen molar-refractivity contribution in [1.29, 1.82) is 0 Å². The van der Waals surface area contributed by atoms with Crippen molar-refractivity contribution in [2.75, 3.05) is 32.5 Å². The summed E-state index contributed by atoms with van der Waals surface area (Å²) in [6.07, 6.45) is 5.19. The Morgan fingerprint density at radius 2 is 2.03 bits per heavy atom. The van der Waals surface area contributed by atoms with Crippen molar-refractivity contribution in [3.05, 3.63) is 59.9 Å². The van der Waals surface area contributed by atoms with Gasteiger partial charge in [0.1, 0.15) is 5.75 Å². The molecule has 1 fully saturated rings. The third-order valence-corrected chi connectivity index (χ3v) is 8.31. The molecular weight excluding hydrogens is 490 g/mol. The van der Waals surface area contributed by atoms with Gasteiger partial charge < -0.3 is 25.0 Å². The number of hydrogen-bond acceptors (Lipinski definition) is 8. The van der Waals surface area contributed by atoms with Gasteiger partial charge in [-0.3, -0.25) is 9.78 Å². The van der Waals surface area contributed by atoms with Gasteiger partial charge in [-0.2, -0.15) is 0 Å². The van der Waals surface area contributed by atoms with Crippen LogP contribution < -0.4 is 4.74 Å². The highest BCUT2D eigenvalue weighted by Gasteiger charge is 2.37. The van der Waals surface area contributed by atoms with E-state index in [1.54, 1.807) is 31.3 Å². The molecule has 0 spiro atoms. The minimum atomic E-state index is -0.849. The molecule has 1 unspecified atom stereocenters. The number of hydrogen-bond donors (Lipinski definition) is 3. The minimum absolute atomic E-state index is 0.0913. The lowest BCUT2D eigenvalue weighted by Gasteiger charge is -2.41. The van der Waals surface area contributed by atoms with Crippen LogP contribution in [0.15, 0.2) is 53.8 Å². The quantitative estimate of drug-likeness (QED) is 0.298. The SMILES string of the molecule is COc1ccc2ncc(CO)c(C(O)CCC3(CC(=O)O)CCN(CCSc4ccccn4)CC3)c2c1.